The summed E-state index contributed by atoms with van der Waals surface area (Å²) < 4.78 is 0. The van der Waals surface area contributed by atoms with E-state index in [1.165, 1.54) is 11.1 Å². The Morgan fingerprint density at radius 1 is 1.33 bits per heavy atom. The molecule has 1 fully saturated rings. The van der Waals surface area contributed by atoms with Crippen LogP contribution in [0.15, 0.2) is 24.3 Å². The lowest BCUT2D eigenvalue weighted by Gasteiger charge is -2.18. The van der Waals surface area contributed by atoms with Crippen LogP contribution in [0.1, 0.15) is 37.8 Å². The fourth-order valence-electron chi connectivity index (χ4n) is 2.76. The van der Waals surface area contributed by atoms with Crippen LogP contribution in [0.25, 0.3) is 0 Å². The van der Waals surface area contributed by atoms with Gasteiger partial charge in [-0.1, -0.05) is 38.1 Å². The first-order chi connectivity index (χ1) is 10.2. The molecule has 0 aliphatic carbocycles. The molecule has 1 aromatic carbocycles. The second-order valence-electron chi connectivity index (χ2n) is 5.65. The lowest BCUT2D eigenvalue weighted by molar-refractivity contribution is -0.122. The third kappa shape index (κ3) is 4.83. The van der Waals surface area contributed by atoms with Gasteiger partial charge in [-0.25, -0.2) is 0 Å². The molecule has 2 N–H and O–H groups in total. The summed E-state index contributed by atoms with van der Waals surface area (Å²) in [6.07, 6.45) is 2.05. The Kier molecular flexibility index (Phi) is 6.21. The van der Waals surface area contributed by atoms with Gasteiger partial charge in [0.1, 0.15) is 0 Å². The minimum atomic E-state index is 0.00357. The first-order valence-electron chi connectivity index (χ1n) is 8.04. The Hall–Kier alpha value is -1.39. The van der Waals surface area contributed by atoms with Gasteiger partial charge in [0.25, 0.3) is 0 Å². The van der Waals surface area contributed by atoms with Crippen molar-refractivity contribution in [2.45, 2.75) is 45.8 Å². The molecule has 0 aromatic heterocycles. The molecule has 0 spiro atoms. The number of nitrogens with one attached hydrogen (secondary N) is 2. The number of carbonyl (C=O) groups is 1. The van der Waals surface area contributed by atoms with Crippen molar-refractivity contribution in [1.29, 1.82) is 0 Å². The Morgan fingerprint density at radius 2 is 2.10 bits per heavy atom. The standard InChI is InChI=1S/C17H27N3O/c1-3-20(4-2)13-15-8-5-7-14(11-15)12-19-17(21)16-9-6-10-18-16/h5,7-8,11,16,18H,3-4,6,9-10,12-13H2,1-2H3,(H,19,21). The van der Waals surface area contributed by atoms with Gasteiger partial charge >= 0.3 is 0 Å². The highest BCUT2D eigenvalue weighted by Gasteiger charge is 2.21. The van der Waals surface area contributed by atoms with Crippen LogP contribution in [0, 0.1) is 0 Å². The van der Waals surface area contributed by atoms with Crippen LogP contribution >= 0.6 is 0 Å². The highest BCUT2D eigenvalue weighted by molar-refractivity contribution is 5.81. The summed E-state index contributed by atoms with van der Waals surface area (Å²) in [5.41, 5.74) is 2.48. The molecule has 1 saturated heterocycles. The van der Waals surface area contributed by atoms with Crippen molar-refractivity contribution in [3.05, 3.63) is 35.4 Å². The summed E-state index contributed by atoms with van der Waals surface area (Å²) in [4.78, 5) is 14.4. The lowest BCUT2D eigenvalue weighted by atomic mass is 10.1. The Bertz CT molecular complexity index is 451. The van der Waals surface area contributed by atoms with E-state index >= 15 is 0 Å². The molecule has 21 heavy (non-hydrogen) atoms. The van der Waals surface area contributed by atoms with E-state index in [1.807, 2.05) is 0 Å². The molecule has 1 aliphatic heterocycles. The molecule has 1 heterocycles. The number of hydrogen-bond acceptors (Lipinski definition) is 3. The summed E-state index contributed by atoms with van der Waals surface area (Å²) >= 11 is 0. The fraction of sp³-hybridized carbons (Fsp3) is 0.588. The lowest BCUT2D eigenvalue weighted by Crippen LogP contribution is -2.40. The van der Waals surface area contributed by atoms with Crippen LogP contribution < -0.4 is 10.6 Å². The van der Waals surface area contributed by atoms with Gasteiger partial charge in [0.15, 0.2) is 0 Å². The molecule has 0 saturated carbocycles. The average molecular weight is 289 g/mol. The second kappa shape index (κ2) is 8.15. The zero-order valence-electron chi connectivity index (χ0n) is 13.2. The topological polar surface area (TPSA) is 44.4 Å². The molecule has 1 unspecified atom stereocenters. The number of amides is 1. The van der Waals surface area contributed by atoms with Crippen molar-refractivity contribution in [1.82, 2.24) is 15.5 Å². The number of rotatable bonds is 7. The zero-order valence-corrected chi connectivity index (χ0v) is 13.2. The molecule has 4 heteroatoms. The Labute approximate surface area is 127 Å². The molecule has 1 aromatic rings. The van der Waals surface area contributed by atoms with Crippen LogP contribution in [0.3, 0.4) is 0 Å². The van der Waals surface area contributed by atoms with Crippen molar-refractivity contribution >= 4 is 5.91 Å². The van der Waals surface area contributed by atoms with Crippen LogP contribution in [-0.4, -0.2) is 36.5 Å². The third-order valence-corrected chi connectivity index (χ3v) is 4.14. The monoisotopic (exact) mass is 289 g/mol. The van der Waals surface area contributed by atoms with E-state index in [0.29, 0.717) is 6.54 Å². The van der Waals surface area contributed by atoms with Crippen molar-refractivity contribution < 1.29 is 4.79 Å². The van der Waals surface area contributed by atoms with Crippen molar-refractivity contribution in [2.75, 3.05) is 19.6 Å². The summed E-state index contributed by atoms with van der Waals surface area (Å²) in [7, 11) is 0. The van der Waals surface area contributed by atoms with Gasteiger partial charge in [-0.15, -0.1) is 0 Å². The fourth-order valence-corrected chi connectivity index (χ4v) is 2.76. The summed E-state index contributed by atoms with van der Waals surface area (Å²) in [6.45, 7) is 9.03. The first kappa shape index (κ1) is 16.0. The van der Waals surface area contributed by atoms with Gasteiger partial charge in [0, 0.05) is 13.1 Å². The van der Waals surface area contributed by atoms with E-state index < -0.39 is 0 Å². The number of nitrogens with zero attached hydrogens (tertiary/aromatic N) is 1. The minimum Gasteiger partial charge on any atom is -0.351 e. The van der Waals surface area contributed by atoms with E-state index in [9.17, 15) is 4.79 Å². The maximum Gasteiger partial charge on any atom is 0.237 e. The molecule has 1 amide bonds. The molecule has 0 bridgehead atoms. The van der Waals surface area contributed by atoms with Gasteiger partial charge in [-0.05, 0) is 43.6 Å². The third-order valence-electron chi connectivity index (χ3n) is 4.14. The van der Waals surface area contributed by atoms with E-state index in [0.717, 1.165) is 39.0 Å². The van der Waals surface area contributed by atoms with Crippen LogP contribution in [-0.2, 0) is 17.9 Å². The smallest absolute Gasteiger partial charge is 0.237 e. The number of benzene rings is 1. The highest BCUT2D eigenvalue weighted by atomic mass is 16.2. The van der Waals surface area contributed by atoms with Gasteiger partial charge in [-0.2, -0.15) is 0 Å². The van der Waals surface area contributed by atoms with E-state index in [4.69, 9.17) is 0 Å². The average Bonchev–Trinajstić information content (AvgIpc) is 3.05. The maximum absolute atomic E-state index is 12.0. The molecule has 4 nitrogen and oxygen atoms in total. The van der Waals surface area contributed by atoms with Crippen LogP contribution in [0.4, 0.5) is 0 Å². The molecule has 0 radical (unpaired) electrons. The van der Waals surface area contributed by atoms with Crippen LogP contribution in [0.2, 0.25) is 0 Å². The molecular weight excluding hydrogens is 262 g/mol. The maximum atomic E-state index is 12.0. The quantitative estimate of drug-likeness (QED) is 0.806. The van der Waals surface area contributed by atoms with E-state index in [1.54, 1.807) is 0 Å². The summed E-state index contributed by atoms with van der Waals surface area (Å²) in [5.74, 6) is 0.127. The minimum absolute atomic E-state index is 0.00357. The van der Waals surface area contributed by atoms with Crippen molar-refractivity contribution in [3.63, 3.8) is 0 Å². The summed E-state index contributed by atoms with van der Waals surface area (Å²) in [6, 6.07) is 8.51. The first-order valence-corrected chi connectivity index (χ1v) is 8.04. The van der Waals surface area contributed by atoms with E-state index in [2.05, 4.69) is 53.6 Å². The Morgan fingerprint density at radius 3 is 2.76 bits per heavy atom. The Balaban J connectivity index is 1.87. The SMILES string of the molecule is CCN(CC)Cc1cccc(CNC(=O)C2CCCN2)c1. The normalized spacial score (nSPS) is 18.1. The van der Waals surface area contributed by atoms with Gasteiger partial charge in [0.05, 0.1) is 6.04 Å². The molecular formula is C17H27N3O. The predicted molar refractivity (Wildman–Crippen MR) is 85.9 cm³/mol. The van der Waals surface area contributed by atoms with Crippen molar-refractivity contribution in [2.24, 2.45) is 0 Å². The molecule has 116 valence electrons. The highest BCUT2D eigenvalue weighted by Crippen LogP contribution is 2.09. The van der Waals surface area contributed by atoms with Gasteiger partial charge < -0.3 is 10.6 Å². The van der Waals surface area contributed by atoms with Gasteiger partial charge in [-0.3, -0.25) is 9.69 Å². The molecule has 1 atom stereocenters. The molecule has 1 aliphatic rings. The predicted octanol–water partition coefficient (Wildman–Crippen LogP) is 1.90. The zero-order chi connectivity index (χ0) is 15.1. The second-order valence-corrected chi connectivity index (χ2v) is 5.65. The number of hydrogen-bond donors (Lipinski definition) is 2. The number of carbonyl (C=O) groups excluding carboxylic acids is 1. The van der Waals surface area contributed by atoms with Gasteiger partial charge in [0.2, 0.25) is 5.91 Å². The molecule has 2 rings (SSSR count). The van der Waals surface area contributed by atoms with E-state index in [-0.39, 0.29) is 11.9 Å². The largest absolute Gasteiger partial charge is 0.351 e. The van der Waals surface area contributed by atoms with Crippen molar-refractivity contribution in [3.8, 4) is 0 Å². The van der Waals surface area contributed by atoms with Crippen LogP contribution in [0.5, 0.6) is 0 Å². The summed E-state index contributed by atoms with van der Waals surface area (Å²) in [5, 5.41) is 6.26.